The van der Waals surface area contributed by atoms with Gasteiger partial charge in [-0.25, -0.2) is 9.78 Å². The van der Waals surface area contributed by atoms with Gasteiger partial charge in [0, 0.05) is 5.56 Å². The average Bonchev–Trinajstić information content (AvgIpc) is 3.52. The van der Waals surface area contributed by atoms with E-state index in [0.29, 0.717) is 41.5 Å². The van der Waals surface area contributed by atoms with E-state index in [-0.39, 0.29) is 33.9 Å². The molecule has 1 atom stereocenters. The standard InChI is InChI=1S/C34H40N2O7S/c1-6-8-18-41-25-14-10-23(11-15-25)28-27(29(37)24-12-16-26(17-13-24)42-19-9-7-2)30(38)32(39)36(28)34-35-22(5)31(44-34)33(40)43-20-21(3)4/h10-17,21,28,37H,6-9,18-20H2,1-5H3. The molecule has 2 heterocycles. The van der Waals surface area contributed by atoms with Crippen molar-refractivity contribution < 1.29 is 33.7 Å². The largest absolute Gasteiger partial charge is 0.507 e. The van der Waals surface area contributed by atoms with E-state index in [2.05, 4.69) is 18.8 Å². The van der Waals surface area contributed by atoms with Crippen LogP contribution in [0.1, 0.15) is 85.9 Å². The minimum absolute atomic E-state index is 0.0777. The first-order valence-corrected chi connectivity index (χ1v) is 15.9. The molecule has 1 N–H and O–H groups in total. The maximum absolute atomic E-state index is 13.6. The molecule has 1 saturated heterocycles. The Bertz CT molecular complexity index is 1490. The van der Waals surface area contributed by atoms with E-state index in [1.807, 2.05) is 13.8 Å². The first-order valence-electron chi connectivity index (χ1n) is 15.1. The van der Waals surface area contributed by atoms with Crippen molar-refractivity contribution in [2.24, 2.45) is 5.92 Å². The Morgan fingerprint density at radius 2 is 1.52 bits per heavy atom. The number of rotatable bonds is 14. The van der Waals surface area contributed by atoms with Crippen LogP contribution in [0.15, 0.2) is 54.1 Å². The van der Waals surface area contributed by atoms with E-state index in [1.165, 1.54) is 4.90 Å². The Labute approximate surface area is 262 Å². The molecule has 1 aromatic heterocycles. The van der Waals surface area contributed by atoms with Gasteiger partial charge in [0.1, 0.15) is 22.1 Å². The topological polar surface area (TPSA) is 115 Å². The van der Waals surface area contributed by atoms with Gasteiger partial charge in [0.2, 0.25) is 0 Å². The molecule has 3 aromatic rings. The second-order valence-electron chi connectivity index (χ2n) is 11.1. The number of ketones is 1. The molecule has 0 saturated carbocycles. The van der Waals surface area contributed by atoms with Crippen molar-refractivity contribution in [1.29, 1.82) is 0 Å². The summed E-state index contributed by atoms with van der Waals surface area (Å²) in [6.45, 7) is 11.1. The van der Waals surface area contributed by atoms with E-state index >= 15 is 0 Å². The van der Waals surface area contributed by atoms with E-state index in [4.69, 9.17) is 14.2 Å². The monoisotopic (exact) mass is 620 g/mol. The first-order chi connectivity index (χ1) is 21.2. The molecular formula is C34H40N2O7S. The number of carbonyl (C=O) groups excluding carboxylic acids is 3. The highest BCUT2D eigenvalue weighted by atomic mass is 32.1. The fourth-order valence-electron chi connectivity index (χ4n) is 4.61. The van der Waals surface area contributed by atoms with Gasteiger partial charge in [-0.1, -0.05) is 64.0 Å². The molecule has 1 aliphatic rings. The number of hydrogen-bond acceptors (Lipinski definition) is 9. The predicted octanol–water partition coefficient (Wildman–Crippen LogP) is 7.25. The highest BCUT2D eigenvalue weighted by Gasteiger charge is 2.48. The molecule has 1 unspecified atom stereocenters. The number of aliphatic hydroxyl groups is 1. The smallest absolute Gasteiger partial charge is 0.350 e. The number of ether oxygens (including phenoxy) is 3. The van der Waals surface area contributed by atoms with Crippen LogP contribution in [0, 0.1) is 12.8 Å². The second kappa shape index (κ2) is 15.0. The molecule has 9 nitrogen and oxygen atoms in total. The molecule has 44 heavy (non-hydrogen) atoms. The molecule has 1 fully saturated rings. The van der Waals surface area contributed by atoms with Crippen molar-refractivity contribution in [3.8, 4) is 11.5 Å². The predicted molar refractivity (Wildman–Crippen MR) is 170 cm³/mol. The van der Waals surface area contributed by atoms with Crippen molar-refractivity contribution in [2.75, 3.05) is 24.7 Å². The number of carbonyl (C=O) groups is 3. The summed E-state index contributed by atoms with van der Waals surface area (Å²) in [4.78, 5) is 46.0. The van der Waals surface area contributed by atoms with Crippen LogP contribution < -0.4 is 14.4 Å². The number of hydrogen-bond donors (Lipinski definition) is 1. The van der Waals surface area contributed by atoms with Crippen LogP contribution in [0.5, 0.6) is 11.5 Å². The third-order valence-corrected chi connectivity index (χ3v) is 8.16. The maximum Gasteiger partial charge on any atom is 0.350 e. The Hall–Kier alpha value is -4.18. The quantitative estimate of drug-likeness (QED) is 0.0659. The summed E-state index contributed by atoms with van der Waals surface area (Å²) < 4.78 is 17.0. The number of aromatic nitrogens is 1. The van der Waals surface area contributed by atoms with E-state index in [0.717, 1.165) is 37.0 Å². The number of aliphatic hydroxyl groups excluding tert-OH is 1. The maximum atomic E-state index is 13.6. The number of unbranched alkanes of at least 4 members (excludes halogenated alkanes) is 2. The SMILES string of the molecule is CCCCOc1ccc(C(O)=C2C(=O)C(=O)N(c3nc(C)c(C(=O)OCC(C)C)s3)C2c2ccc(OCCCC)cc2)cc1. The Morgan fingerprint density at radius 1 is 0.955 bits per heavy atom. The molecule has 2 aromatic carbocycles. The Morgan fingerprint density at radius 3 is 2.07 bits per heavy atom. The summed E-state index contributed by atoms with van der Waals surface area (Å²) >= 11 is 0.980. The normalized spacial score (nSPS) is 16.0. The summed E-state index contributed by atoms with van der Waals surface area (Å²) in [6, 6.07) is 12.8. The van der Waals surface area contributed by atoms with Crippen LogP contribution in [-0.2, 0) is 14.3 Å². The third kappa shape index (κ3) is 7.48. The third-order valence-electron chi connectivity index (χ3n) is 7.03. The van der Waals surface area contributed by atoms with Gasteiger partial charge in [-0.15, -0.1) is 0 Å². The number of amides is 1. The van der Waals surface area contributed by atoms with E-state index in [9.17, 15) is 19.5 Å². The molecule has 0 aliphatic carbocycles. The van der Waals surface area contributed by atoms with Crippen molar-refractivity contribution in [2.45, 2.75) is 66.3 Å². The number of aryl methyl sites for hydroxylation is 1. The zero-order valence-electron chi connectivity index (χ0n) is 25.9. The summed E-state index contributed by atoms with van der Waals surface area (Å²) in [7, 11) is 0. The molecule has 10 heteroatoms. The van der Waals surface area contributed by atoms with E-state index in [1.54, 1.807) is 55.5 Å². The van der Waals surface area contributed by atoms with Gasteiger partial charge >= 0.3 is 11.9 Å². The van der Waals surface area contributed by atoms with E-state index < -0.39 is 23.7 Å². The molecule has 1 amide bonds. The second-order valence-corrected chi connectivity index (χ2v) is 12.0. The molecule has 0 spiro atoms. The highest BCUT2D eigenvalue weighted by molar-refractivity contribution is 7.17. The van der Waals surface area contributed by atoms with Gasteiger partial charge in [-0.3, -0.25) is 14.5 Å². The Kier molecular flexibility index (Phi) is 11.2. The zero-order valence-corrected chi connectivity index (χ0v) is 26.7. The lowest BCUT2D eigenvalue weighted by atomic mass is 9.95. The molecular weight excluding hydrogens is 580 g/mol. The number of Topliss-reactive ketones (excluding diaryl/α,β-unsaturated/α-hetero) is 1. The average molecular weight is 621 g/mol. The molecule has 0 radical (unpaired) electrons. The van der Waals surface area contributed by atoms with Crippen LogP contribution in [0.3, 0.4) is 0 Å². The summed E-state index contributed by atoms with van der Waals surface area (Å²) in [6.07, 6.45) is 3.83. The van der Waals surface area contributed by atoms with Crippen LogP contribution in [-0.4, -0.2) is 47.6 Å². The summed E-state index contributed by atoms with van der Waals surface area (Å²) in [5.41, 5.74) is 1.25. The van der Waals surface area contributed by atoms with Crippen LogP contribution in [0.2, 0.25) is 0 Å². The molecule has 1 aliphatic heterocycles. The van der Waals surface area contributed by atoms with Crippen molar-refractivity contribution in [3.05, 3.63) is 75.8 Å². The van der Waals surface area contributed by atoms with Gasteiger partial charge in [0.05, 0.1) is 37.1 Å². The van der Waals surface area contributed by atoms with Crippen LogP contribution in [0.25, 0.3) is 5.76 Å². The first kappa shape index (κ1) is 32.7. The Balaban J connectivity index is 1.76. The van der Waals surface area contributed by atoms with Gasteiger partial charge < -0.3 is 19.3 Å². The van der Waals surface area contributed by atoms with Gasteiger partial charge in [0.15, 0.2) is 5.13 Å². The van der Waals surface area contributed by atoms with Gasteiger partial charge in [-0.2, -0.15) is 0 Å². The number of esters is 1. The van der Waals surface area contributed by atoms with Crippen molar-refractivity contribution in [3.63, 3.8) is 0 Å². The fourth-order valence-corrected chi connectivity index (χ4v) is 5.59. The summed E-state index contributed by atoms with van der Waals surface area (Å²) in [5.74, 6) is -1.12. The lowest BCUT2D eigenvalue weighted by Crippen LogP contribution is -2.29. The number of nitrogens with zero attached hydrogens (tertiary/aromatic N) is 2. The molecule has 0 bridgehead atoms. The molecule has 234 valence electrons. The highest BCUT2D eigenvalue weighted by Crippen LogP contribution is 2.44. The number of anilines is 1. The van der Waals surface area contributed by atoms with Crippen LogP contribution >= 0.6 is 11.3 Å². The lowest BCUT2D eigenvalue weighted by molar-refractivity contribution is -0.132. The van der Waals surface area contributed by atoms with Crippen molar-refractivity contribution in [1.82, 2.24) is 4.98 Å². The minimum Gasteiger partial charge on any atom is -0.507 e. The number of thiazole rings is 1. The van der Waals surface area contributed by atoms with Gasteiger partial charge in [-0.05, 0) is 67.6 Å². The van der Waals surface area contributed by atoms with Gasteiger partial charge in [0.25, 0.3) is 5.78 Å². The number of benzene rings is 2. The molecule has 4 rings (SSSR count). The zero-order chi connectivity index (χ0) is 31.8. The summed E-state index contributed by atoms with van der Waals surface area (Å²) in [5, 5.41) is 11.7. The fraction of sp³-hybridized carbons (Fsp3) is 0.412. The minimum atomic E-state index is -0.995. The van der Waals surface area contributed by atoms with Crippen LogP contribution in [0.4, 0.5) is 5.13 Å². The lowest BCUT2D eigenvalue weighted by Gasteiger charge is -2.23. The van der Waals surface area contributed by atoms with Crippen molar-refractivity contribution >= 4 is 39.9 Å².